The molecule has 6 heteroatoms. The van der Waals surface area contributed by atoms with E-state index in [1.165, 1.54) is 7.11 Å². The second kappa shape index (κ2) is 7.47. The number of phenolic OH excluding ortho intramolecular Hbond substituents is 1. The van der Waals surface area contributed by atoms with Crippen molar-refractivity contribution in [3.05, 3.63) is 53.7 Å². The van der Waals surface area contributed by atoms with Crippen molar-refractivity contribution in [2.24, 2.45) is 5.92 Å². The molecule has 0 saturated heterocycles. The number of aromatic hydroxyl groups is 1. The molecule has 6 nitrogen and oxygen atoms in total. The van der Waals surface area contributed by atoms with Crippen molar-refractivity contribution in [2.45, 2.75) is 20.4 Å². The first kappa shape index (κ1) is 17.8. The predicted octanol–water partition coefficient (Wildman–Crippen LogP) is 3.61. The highest BCUT2D eigenvalue weighted by molar-refractivity contribution is 5.94. The summed E-state index contributed by atoms with van der Waals surface area (Å²) < 4.78 is 12.4. The molecule has 1 heterocycles. The Morgan fingerprint density at radius 3 is 2.77 bits per heavy atom. The van der Waals surface area contributed by atoms with Gasteiger partial charge in [0.1, 0.15) is 11.5 Å². The number of rotatable bonds is 6. The summed E-state index contributed by atoms with van der Waals surface area (Å²) in [4.78, 5) is 11.7. The molecule has 0 unspecified atom stereocenters. The lowest BCUT2D eigenvalue weighted by atomic mass is 10.1. The number of carbonyl (C=O) groups excluding carboxylic acids is 1. The van der Waals surface area contributed by atoms with Crippen molar-refractivity contribution in [1.29, 1.82) is 0 Å². The minimum absolute atomic E-state index is 0.182. The maximum atomic E-state index is 11.7. The van der Waals surface area contributed by atoms with Gasteiger partial charge < -0.3 is 14.6 Å². The van der Waals surface area contributed by atoms with E-state index in [9.17, 15) is 9.90 Å². The number of nitrogens with zero attached hydrogens (tertiary/aromatic N) is 2. The van der Waals surface area contributed by atoms with Crippen LogP contribution in [0.25, 0.3) is 10.9 Å². The lowest BCUT2D eigenvalue weighted by molar-refractivity contribution is 0.0601. The van der Waals surface area contributed by atoms with Crippen LogP contribution in [0.5, 0.6) is 11.5 Å². The summed E-state index contributed by atoms with van der Waals surface area (Å²) in [5, 5.41) is 15.1. The standard InChI is InChI=1S/C20H22N2O4/c1-13(2)12-26-19-7-5-17(23)9-16(19)11-22-18-6-4-14(20(24)25-3)8-15(18)10-21-22/h4-10,13,23H,11-12H2,1-3H3. The third-order valence-corrected chi connectivity index (χ3v) is 4.00. The molecule has 0 radical (unpaired) electrons. The molecule has 0 fully saturated rings. The summed E-state index contributed by atoms with van der Waals surface area (Å²) in [5.41, 5.74) is 2.21. The summed E-state index contributed by atoms with van der Waals surface area (Å²) in [5.74, 6) is 0.934. The van der Waals surface area contributed by atoms with E-state index in [1.807, 2.05) is 10.7 Å². The van der Waals surface area contributed by atoms with Gasteiger partial charge in [-0.2, -0.15) is 5.10 Å². The van der Waals surface area contributed by atoms with E-state index in [4.69, 9.17) is 9.47 Å². The van der Waals surface area contributed by atoms with Gasteiger partial charge in [0.05, 0.1) is 37.5 Å². The van der Waals surface area contributed by atoms with Gasteiger partial charge in [0.15, 0.2) is 0 Å². The second-order valence-electron chi connectivity index (χ2n) is 6.56. The van der Waals surface area contributed by atoms with Gasteiger partial charge >= 0.3 is 5.97 Å². The normalized spacial score (nSPS) is 11.1. The zero-order valence-corrected chi connectivity index (χ0v) is 15.1. The van der Waals surface area contributed by atoms with Crippen LogP contribution in [0.4, 0.5) is 0 Å². The van der Waals surface area contributed by atoms with E-state index in [0.29, 0.717) is 24.6 Å². The van der Waals surface area contributed by atoms with Gasteiger partial charge in [0.25, 0.3) is 0 Å². The van der Waals surface area contributed by atoms with E-state index in [0.717, 1.165) is 22.2 Å². The van der Waals surface area contributed by atoms with Crippen LogP contribution in [-0.4, -0.2) is 34.6 Å². The van der Waals surface area contributed by atoms with Crippen LogP contribution in [0.2, 0.25) is 0 Å². The molecule has 0 bridgehead atoms. The number of fused-ring (bicyclic) bond motifs is 1. The molecule has 136 valence electrons. The van der Waals surface area contributed by atoms with Crippen LogP contribution in [0.3, 0.4) is 0 Å². The minimum Gasteiger partial charge on any atom is -0.508 e. The summed E-state index contributed by atoms with van der Waals surface area (Å²) in [7, 11) is 1.36. The molecule has 1 aromatic heterocycles. The molecule has 3 aromatic rings. The monoisotopic (exact) mass is 354 g/mol. The topological polar surface area (TPSA) is 73.6 Å². The molecule has 0 spiro atoms. The first-order valence-corrected chi connectivity index (χ1v) is 8.46. The Labute approximate surface area is 152 Å². The third kappa shape index (κ3) is 3.79. The van der Waals surface area contributed by atoms with Crippen molar-refractivity contribution >= 4 is 16.9 Å². The molecular weight excluding hydrogens is 332 g/mol. The zero-order chi connectivity index (χ0) is 18.7. The van der Waals surface area contributed by atoms with Crippen LogP contribution >= 0.6 is 0 Å². The first-order chi connectivity index (χ1) is 12.5. The molecule has 0 aliphatic heterocycles. The molecule has 0 aliphatic rings. The Hall–Kier alpha value is -3.02. The fourth-order valence-electron chi connectivity index (χ4n) is 2.71. The maximum absolute atomic E-state index is 11.7. The van der Waals surface area contributed by atoms with E-state index >= 15 is 0 Å². The number of esters is 1. The molecule has 3 rings (SSSR count). The van der Waals surface area contributed by atoms with Crippen LogP contribution in [0.15, 0.2) is 42.6 Å². The highest BCUT2D eigenvalue weighted by Gasteiger charge is 2.12. The van der Waals surface area contributed by atoms with Crippen LogP contribution < -0.4 is 4.74 Å². The van der Waals surface area contributed by atoms with Crippen molar-refractivity contribution in [1.82, 2.24) is 9.78 Å². The third-order valence-electron chi connectivity index (χ3n) is 4.00. The molecule has 0 saturated carbocycles. The van der Waals surface area contributed by atoms with E-state index in [2.05, 4.69) is 18.9 Å². The number of benzene rings is 2. The largest absolute Gasteiger partial charge is 0.508 e. The van der Waals surface area contributed by atoms with Crippen molar-refractivity contribution in [2.75, 3.05) is 13.7 Å². The molecule has 26 heavy (non-hydrogen) atoms. The van der Waals surface area contributed by atoms with Gasteiger partial charge in [-0.05, 0) is 42.3 Å². The fourth-order valence-corrected chi connectivity index (χ4v) is 2.71. The maximum Gasteiger partial charge on any atom is 0.337 e. The molecule has 2 aromatic carbocycles. The number of methoxy groups -OCH3 is 1. The number of hydrogen-bond donors (Lipinski definition) is 1. The van der Waals surface area contributed by atoms with Crippen molar-refractivity contribution in [3.63, 3.8) is 0 Å². The average Bonchev–Trinajstić information content (AvgIpc) is 3.02. The highest BCUT2D eigenvalue weighted by Crippen LogP contribution is 2.26. The van der Waals surface area contributed by atoms with E-state index in [1.54, 1.807) is 36.5 Å². The van der Waals surface area contributed by atoms with Crippen LogP contribution in [0.1, 0.15) is 29.8 Å². The van der Waals surface area contributed by atoms with Gasteiger partial charge in [-0.25, -0.2) is 4.79 Å². The van der Waals surface area contributed by atoms with Gasteiger partial charge in [-0.1, -0.05) is 13.8 Å². The smallest absolute Gasteiger partial charge is 0.337 e. The lowest BCUT2D eigenvalue weighted by Gasteiger charge is -2.14. The predicted molar refractivity (Wildman–Crippen MR) is 98.6 cm³/mol. The van der Waals surface area contributed by atoms with E-state index in [-0.39, 0.29) is 11.7 Å². The molecule has 0 amide bonds. The number of aromatic nitrogens is 2. The minimum atomic E-state index is -0.378. The Morgan fingerprint density at radius 2 is 2.04 bits per heavy atom. The molecule has 0 aliphatic carbocycles. The summed E-state index contributed by atoms with van der Waals surface area (Å²) in [6.45, 7) is 5.21. The summed E-state index contributed by atoms with van der Waals surface area (Å²) >= 11 is 0. The summed E-state index contributed by atoms with van der Waals surface area (Å²) in [6.07, 6.45) is 1.71. The second-order valence-corrected chi connectivity index (χ2v) is 6.56. The van der Waals surface area contributed by atoms with E-state index < -0.39 is 0 Å². The molecule has 1 N–H and O–H groups in total. The number of hydrogen-bond acceptors (Lipinski definition) is 5. The fraction of sp³-hybridized carbons (Fsp3) is 0.300. The van der Waals surface area contributed by atoms with Gasteiger partial charge in [0, 0.05) is 10.9 Å². The Bertz CT molecular complexity index is 931. The SMILES string of the molecule is COC(=O)c1ccc2c(cnn2Cc2cc(O)ccc2OCC(C)C)c1. The molecule has 0 atom stereocenters. The average molecular weight is 354 g/mol. The molecular formula is C20H22N2O4. The summed E-state index contributed by atoms with van der Waals surface area (Å²) in [6, 6.07) is 10.4. The van der Waals surface area contributed by atoms with Gasteiger partial charge in [0.2, 0.25) is 0 Å². The van der Waals surface area contributed by atoms with Crippen LogP contribution in [-0.2, 0) is 11.3 Å². The van der Waals surface area contributed by atoms with Crippen LogP contribution in [0, 0.1) is 5.92 Å². The Kier molecular flexibility index (Phi) is 5.11. The Balaban J connectivity index is 1.91. The van der Waals surface area contributed by atoms with Gasteiger partial charge in [-0.15, -0.1) is 0 Å². The first-order valence-electron chi connectivity index (χ1n) is 8.46. The Morgan fingerprint density at radius 1 is 1.23 bits per heavy atom. The van der Waals surface area contributed by atoms with Gasteiger partial charge in [-0.3, -0.25) is 4.68 Å². The van der Waals surface area contributed by atoms with Crippen molar-refractivity contribution < 1.29 is 19.4 Å². The number of phenols is 1. The zero-order valence-electron chi connectivity index (χ0n) is 15.1. The van der Waals surface area contributed by atoms with Crippen molar-refractivity contribution in [3.8, 4) is 11.5 Å². The quantitative estimate of drug-likeness (QED) is 0.685. The lowest BCUT2D eigenvalue weighted by Crippen LogP contribution is -2.08. The highest BCUT2D eigenvalue weighted by atomic mass is 16.5. The number of carbonyl (C=O) groups is 1. The number of ether oxygens (including phenoxy) is 2.